The summed E-state index contributed by atoms with van der Waals surface area (Å²) < 4.78 is 0. The highest BCUT2D eigenvalue weighted by Gasteiger charge is 2.29. The molecule has 4 heteroatoms. The van der Waals surface area contributed by atoms with Gasteiger partial charge in [0.05, 0.1) is 0 Å². The maximum atomic E-state index is 12.6. The number of benzene rings is 2. The summed E-state index contributed by atoms with van der Waals surface area (Å²) in [7, 11) is 0. The zero-order chi connectivity index (χ0) is 17.1. The van der Waals surface area contributed by atoms with E-state index in [9.17, 15) is 4.79 Å². The van der Waals surface area contributed by atoms with Crippen LogP contribution in [0.25, 0.3) is 10.9 Å². The molecule has 0 spiro atoms. The van der Waals surface area contributed by atoms with E-state index in [-0.39, 0.29) is 12.1 Å². The van der Waals surface area contributed by atoms with Gasteiger partial charge >= 0.3 is 6.03 Å². The molecule has 0 bridgehead atoms. The van der Waals surface area contributed by atoms with Crippen molar-refractivity contribution in [1.82, 2.24) is 15.2 Å². The lowest BCUT2D eigenvalue weighted by atomic mass is 10.0. The second-order valence-electron chi connectivity index (χ2n) is 6.70. The molecule has 1 aromatic heterocycles. The van der Waals surface area contributed by atoms with Crippen LogP contribution in [0.1, 0.15) is 24.0 Å². The second-order valence-corrected chi connectivity index (χ2v) is 6.70. The van der Waals surface area contributed by atoms with Crippen LogP contribution >= 0.6 is 0 Å². The molecule has 25 heavy (non-hydrogen) atoms. The van der Waals surface area contributed by atoms with Gasteiger partial charge in [0.15, 0.2) is 0 Å². The number of carbonyl (C=O) groups excluding carboxylic acids is 1. The van der Waals surface area contributed by atoms with Gasteiger partial charge in [-0.1, -0.05) is 48.5 Å². The molecular formula is C21H23N3O. The number of amides is 2. The van der Waals surface area contributed by atoms with Crippen molar-refractivity contribution >= 4 is 16.9 Å². The van der Waals surface area contributed by atoms with Crippen LogP contribution < -0.4 is 5.32 Å². The minimum absolute atomic E-state index is 0.0474. The molecule has 0 radical (unpaired) electrons. The standard InChI is InChI=1S/C21H23N3O/c25-21(23-14-16-7-2-1-3-8-16)24-12-6-9-18(24)13-17-15-22-20-11-5-4-10-19(17)20/h1-5,7-8,10-11,15,18,22H,6,9,12-14H2,(H,23,25). The first kappa shape index (κ1) is 15.8. The average Bonchev–Trinajstić information content (AvgIpc) is 3.28. The first-order chi connectivity index (χ1) is 12.3. The van der Waals surface area contributed by atoms with Gasteiger partial charge in [-0.15, -0.1) is 0 Å². The van der Waals surface area contributed by atoms with E-state index >= 15 is 0 Å². The molecule has 0 saturated carbocycles. The Kier molecular flexibility index (Phi) is 4.42. The van der Waals surface area contributed by atoms with Crippen LogP contribution in [0.4, 0.5) is 4.79 Å². The van der Waals surface area contributed by atoms with Crippen molar-refractivity contribution in [3.63, 3.8) is 0 Å². The molecule has 1 saturated heterocycles. The van der Waals surface area contributed by atoms with Crippen molar-refractivity contribution < 1.29 is 4.79 Å². The second kappa shape index (κ2) is 7.01. The summed E-state index contributed by atoms with van der Waals surface area (Å²) in [6, 6.07) is 18.7. The Bertz CT molecular complexity index is 856. The van der Waals surface area contributed by atoms with Crippen LogP contribution in [0.15, 0.2) is 60.8 Å². The van der Waals surface area contributed by atoms with E-state index in [4.69, 9.17) is 0 Å². The van der Waals surface area contributed by atoms with E-state index < -0.39 is 0 Å². The van der Waals surface area contributed by atoms with Crippen LogP contribution in [0.3, 0.4) is 0 Å². The number of hydrogen-bond donors (Lipinski definition) is 2. The molecule has 4 nitrogen and oxygen atoms in total. The van der Waals surface area contributed by atoms with Crippen molar-refractivity contribution in [3.8, 4) is 0 Å². The van der Waals surface area contributed by atoms with E-state index in [0.29, 0.717) is 6.54 Å². The van der Waals surface area contributed by atoms with E-state index in [0.717, 1.165) is 36.9 Å². The van der Waals surface area contributed by atoms with Crippen molar-refractivity contribution in [2.75, 3.05) is 6.54 Å². The number of likely N-dealkylation sites (tertiary alicyclic amines) is 1. The zero-order valence-corrected chi connectivity index (χ0v) is 14.2. The summed E-state index contributed by atoms with van der Waals surface area (Å²) in [4.78, 5) is 18.0. The van der Waals surface area contributed by atoms with Gasteiger partial charge in [0.1, 0.15) is 0 Å². The van der Waals surface area contributed by atoms with Crippen molar-refractivity contribution in [2.24, 2.45) is 0 Å². The quantitative estimate of drug-likeness (QED) is 0.742. The van der Waals surface area contributed by atoms with E-state index in [1.54, 1.807) is 0 Å². The maximum absolute atomic E-state index is 12.6. The molecule has 1 aliphatic rings. The van der Waals surface area contributed by atoms with Gasteiger partial charge in [0, 0.05) is 36.2 Å². The fraction of sp³-hybridized carbons (Fsp3) is 0.286. The SMILES string of the molecule is O=C(NCc1ccccc1)N1CCCC1Cc1c[nH]c2ccccc12. The number of rotatable bonds is 4. The summed E-state index contributed by atoms with van der Waals surface area (Å²) in [6.45, 7) is 1.42. The average molecular weight is 333 g/mol. The van der Waals surface area contributed by atoms with E-state index in [1.807, 2.05) is 41.3 Å². The van der Waals surface area contributed by atoms with Crippen molar-refractivity contribution in [3.05, 3.63) is 71.9 Å². The Balaban J connectivity index is 1.42. The van der Waals surface area contributed by atoms with Crippen LogP contribution in [0.5, 0.6) is 0 Å². The summed E-state index contributed by atoms with van der Waals surface area (Å²) in [5.74, 6) is 0. The predicted molar refractivity (Wildman–Crippen MR) is 100 cm³/mol. The van der Waals surface area contributed by atoms with Gasteiger partial charge < -0.3 is 15.2 Å². The number of aromatic nitrogens is 1. The molecule has 0 aliphatic carbocycles. The Morgan fingerprint density at radius 1 is 1.12 bits per heavy atom. The van der Waals surface area contributed by atoms with Crippen LogP contribution in [0.2, 0.25) is 0 Å². The largest absolute Gasteiger partial charge is 0.361 e. The molecule has 1 aliphatic heterocycles. The fourth-order valence-corrected chi connectivity index (χ4v) is 3.74. The summed E-state index contributed by atoms with van der Waals surface area (Å²) in [6.07, 6.45) is 5.13. The molecule has 1 unspecified atom stereocenters. The molecule has 2 amide bonds. The lowest BCUT2D eigenvalue weighted by molar-refractivity contribution is 0.192. The molecule has 2 aromatic carbocycles. The highest BCUT2D eigenvalue weighted by molar-refractivity contribution is 5.83. The first-order valence-corrected chi connectivity index (χ1v) is 8.94. The number of aromatic amines is 1. The summed E-state index contributed by atoms with van der Waals surface area (Å²) >= 11 is 0. The lowest BCUT2D eigenvalue weighted by Gasteiger charge is -2.25. The number of nitrogens with zero attached hydrogens (tertiary/aromatic N) is 1. The topological polar surface area (TPSA) is 48.1 Å². The minimum Gasteiger partial charge on any atom is -0.361 e. The first-order valence-electron chi connectivity index (χ1n) is 8.94. The van der Waals surface area contributed by atoms with Gasteiger partial charge in [-0.05, 0) is 36.5 Å². The van der Waals surface area contributed by atoms with Gasteiger partial charge in [0.2, 0.25) is 0 Å². The fourth-order valence-electron chi connectivity index (χ4n) is 3.74. The third-order valence-electron chi connectivity index (χ3n) is 5.06. The van der Waals surface area contributed by atoms with Crippen LogP contribution in [-0.2, 0) is 13.0 Å². The number of urea groups is 1. The number of H-pyrrole nitrogens is 1. The molecule has 3 aromatic rings. The Morgan fingerprint density at radius 2 is 1.92 bits per heavy atom. The molecule has 4 rings (SSSR count). The van der Waals surface area contributed by atoms with Crippen molar-refractivity contribution in [1.29, 1.82) is 0 Å². The molecule has 1 fully saturated rings. The predicted octanol–water partition coefficient (Wildman–Crippen LogP) is 4.08. The summed E-state index contributed by atoms with van der Waals surface area (Å²) in [5, 5.41) is 4.33. The van der Waals surface area contributed by atoms with Gasteiger partial charge in [0.25, 0.3) is 0 Å². The number of nitrogens with one attached hydrogen (secondary N) is 2. The van der Waals surface area contributed by atoms with Gasteiger partial charge in [-0.3, -0.25) is 0 Å². The molecule has 128 valence electrons. The number of fused-ring (bicyclic) bond motifs is 1. The van der Waals surface area contributed by atoms with Gasteiger partial charge in [-0.25, -0.2) is 4.79 Å². The lowest BCUT2D eigenvalue weighted by Crippen LogP contribution is -2.43. The Labute approximate surface area is 147 Å². The normalized spacial score (nSPS) is 17.1. The molecule has 2 N–H and O–H groups in total. The maximum Gasteiger partial charge on any atom is 0.317 e. The number of hydrogen-bond acceptors (Lipinski definition) is 1. The Hall–Kier alpha value is -2.75. The monoisotopic (exact) mass is 333 g/mol. The molecule has 2 heterocycles. The van der Waals surface area contributed by atoms with Gasteiger partial charge in [-0.2, -0.15) is 0 Å². The van der Waals surface area contributed by atoms with E-state index in [2.05, 4.69) is 34.7 Å². The van der Waals surface area contributed by atoms with Crippen molar-refractivity contribution in [2.45, 2.75) is 31.8 Å². The third-order valence-corrected chi connectivity index (χ3v) is 5.06. The highest BCUT2D eigenvalue weighted by atomic mass is 16.2. The third kappa shape index (κ3) is 3.38. The zero-order valence-electron chi connectivity index (χ0n) is 14.2. The van der Waals surface area contributed by atoms with Crippen LogP contribution in [-0.4, -0.2) is 28.5 Å². The Morgan fingerprint density at radius 3 is 2.80 bits per heavy atom. The minimum atomic E-state index is 0.0474. The molecule has 1 atom stereocenters. The van der Waals surface area contributed by atoms with E-state index in [1.165, 1.54) is 10.9 Å². The number of carbonyl (C=O) groups is 1. The van der Waals surface area contributed by atoms with Crippen LogP contribution in [0, 0.1) is 0 Å². The molecular weight excluding hydrogens is 310 g/mol. The number of para-hydroxylation sites is 1. The smallest absolute Gasteiger partial charge is 0.317 e. The highest BCUT2D eigenvalue weighted by Crippen LogP contribution is 2.25. The summed E-state index contributed by atoms with van der Waals surface area (Å²) in [5.41, 5.74) is 3.59.